The van der Waals surface area contributed by atoms with Crippen LogP contribution in [-0.4, -0.2) is 54.1 Å². The van der Waals surface area contributed by atoms with E-state index in [-0.39, 0.29) is 12.5 Å². The Kier molecular flexibility index (Phi) is 9.22. The van der Waals surface area contributed by atoms with E-state index in [9.17, 15) is 14.3 Å². The predicted octanol–water partition coefficient (Wildman–Crippen LogP) is 2.64. The average Bonchev–Trinajstić information content (AvgIpc) is 3.43. The van der Waals surface area contributed by atoms with E-state index in [1.165, 1.54) is 11.9 Å². The van der Waals surface area contributed by atoms with Crippen molar-refractivity contribution in [3.05, 3.63) is 93.2 Å². The van der Waals surface area contributed by atoms with Crippen molar-refractivity contribution in [2.75, 3.05) is 33.0 Å². The Morgan fingerprint density at radius 3 is 2.44 bits per heavy atom. The van der Waals surface area contributed by atoms with Crippen molar-refractivity contribution in [3.63, 3.8) is 0 Å². The van der Waals surface area contributed by atoms with E-state index < -0.39 is 18.0 Å². The Labute approximate surface area is 210 Å². The molecule has 2 atom stereocenters. The summed E-state index contributed by atoms with van der Waals surface area (Å²) < 4.78 is 18.0. The number of alkyl halides is 1. The summed E-state index contributed by atoms with van der Waals surface area (Å²) in [6.45, 7) is 2.52. The molecule has 8 heteroatoms. The molecule has 0 saturated carbocycles. The second-order valence-electron chi connectivity index (χ2n) is 8.84. The number of aromatic amines is 1. The molecule has 0 spiro atoms. The Bertz CT molecular complexity index is 1230. The highest BCUT2D eigenvalue weighted by atomic mass is 19.1. The fourth-order valence-corrected chi connectivity index (χ4v) is 4.13. The summed E-state index contributed by atoms with van der Waals surface area (Å²) in [6.07, 6.45) is 2.86. The van der Waals surface area contributed by atoms with Crippen LogP contribution in [0.1, 0.15) is 40.3 Å². The normalized spacial score (nSPS) is 15.9. The molecule has 4 N–H and O–H groups in total. The molecule has 188 valence electrons. The maximum atomic E-state index is 12.6. The van der Waals surface area contributed by atoms with Crippen molar-refractivity contribution >= 4 is 0 Å². The van der Waals surface area contributed by atoms with Gasteiger partial charge in [-0.2, -0.15) is 0 Å². The third-order valence-corrected chi connectivity index (χ3v) is 6.17. The third kappa shape index (κ3) is 7.25. The van der Waals surface area contributed by atoms with E-state index in [2.05, 4.69) is 44.6 Å². The molecule has 0 aliphatic carbocycles. The standard InChI is InChI=1S/C28H31FN4O3/c29-12-13-30-17-24(26-27(34)28(35)33-19-32-26)15-22-7-3-20(4-8-22)1-2-21-5-9-23(10-6-21)16-31-25-11-14-36-18-25/h3-10,19,24-25,30-31,34H,11-18H2,(H,32,33,35). The highest BCUT2D eigenvalue weighted by Gasteiger charge is 2.19. The van der Waals surface area contributed by atoms with Gasteiger partial charge in [-0.3, -0.25) is 4.79 Å². The lowest BCUT2D eigenvalue weighted by Gasteiger charge is -2.17. The van der Waals surface area contributed by atoms with Gasteiger partial charge < -0.3 is 25.5 Å². The van der Waals surface area contributed by atoms with Crippen LogP contribution < -0.4 is 16.2 Å². The van der Waals surface area contributed by atoms with E-state index in [4.69, 9.17) is 4.74 Å². The van der Waals surface area contributed by atoms with Gasteiger partial charge in [0.05, 0.1) is 18.6 Å². The molecule has 2 unspecified atom stereocenters. The van der Waals surface area contributed by atoms with E-state index >= 15 is 0 Å². The van der Waals surface area contributed by atoms with Crippen LogP contribution in [0.5, 0.6) is 5.75 Å². The zero-order valence-electron chi connectivity index (χ0n) is 20.1. The molecule has 3 aromatic rings. The Balaban J connectivity index is 1.37. The summed E-state index contributed by atoms with van der Waals surface area (Å²) in [5, 5.41) is 16.7. The molecule has 4 rings (SSSR count). The predicted molar refractivity (Wildman–Crippen MR) is 137 cm³/mol. The smallest absolute Gasteiger partial charge is 0.293 e. The number of benzene rings is 2. The van der Waals surface area contributed by atoms with Crippen molar-refractivity contribution in [2.24, 2.45) is 0 Å². The number of ether oxygens (including phenoxy) is 1. The molecule has 36 heavy (non-hydrogen) atoms. The third-order valence-electron chi connectivity index (χ3n) is 6.17. The number of halogens is 1. The van der Waals surface area contributed by atoms with Gasteiger partial charge in [-0.05, 0) is 48.2 Å². The molecule has 0 bridgehead atoms. The number of hydrogen-bond acceptors (Lipinski definition) is 6. The summed E-state index contributed by atoms with van der Waals surface area (Å²) in [6, 6.07) is 16.5. The highest BCUT2D eigenvalue weighted by molar-refractivity contribution is 5.44. The van der Waals surface area contributed by atoms with Gasteiger partial charge in [0, 0.05) is 49.3 Å². The number of aromatic nitrogens is 2. The highest BCUT2D eigenvalue weighted by Crippen LogP contribution is 2.23. The first kappa shape index (κ1) is 25.6. The summed E-state index contributed by atoms with van der Waals surface area (Å²) in [7, 11) is 0. The van der Waals surface area contributed by atoms with Gasteiger partial charge in [0.15, 0.2) is 0 Å². The van der Waals surface area contributed by atoms with Gasteiger partial charge in [-0.1, -0.05) is 36.1 Å². The van der Waals surface area contributed by atoms with Gasteiger partial charge in [-0.25, -0.2) is 9.37 Å². The Morgan fingerprint density at radius 2 is 1.81 bits per heavy atom. The zero-order valence-corrected chi connectivity index (χ0v) is 20.1. The number of nitrogens with one attached hydrogen (secondary N) is 3. The lowest BCUT2D eigenvalue weighted by molar-refractivity contribution is 0.190. The molecular weight excluding hydrogens is 459 g/mol. The summed E-state index contributed by atoms with van der Waals surface area (Å²) in [4.78, 5) is 18.3. The second kappa shape index (κ2) is 13.0. The van der Waals surface area contributed by atoms with Gasteiger partial charge in [0.1, 0.15) is 6.67 Å². The van der Waals surface area contributed by atoms with Crippen LogP contribution in [0.4, 0.5) is 4.39 Å². The zero-order chi connectivity index (χ0) is 25.2. The molecule has 1 saturated heterocycles. The number of H-pyrrole nitrogens is 1. The minimum atomic E-state index is -0.589. The molecular formula is C28H31FN4O3. The lowest BCUT2D eigenvalue weighted by Crippen LogP contribution is -2.28. The first-order chi connectivity index (χ1) is 17.6. The van der Waals surface area contributed by atoms with Crippen LogP contribution in [-0.2, 0) is 17.7 Å². The van der Waals surface area contributed by atoms with Crippen LogP contribution in [0.15, 0.2) is 59.7 Å². The molecule has 0 amide bonds. The van der Waals surface area contributed by atoms with Crippen molar-refractivity contribution in [2.45, 2.75) is 31.3 Å². The topological polar surface area (TPSA) is 99.3 Å². The van der Waals surface area contributed by atoms with Crippen LogP contribution >= 0.6 is 0 Å². The van der Waals surface area contributed by atoms with Crippen molar-refractivity contribution in [3.8, 4) is 17.6 Å². The lowest BCUT2D eigenvalue weighted by atomic mass is 9.94. The van der Waals surface area contributed by atoms with Crippen molar-refractivity contribution in [1.82, 2.24) is 20.6 Å². The SMILES string of the molecule is O=c1[nH]cnc(C(CNCCF)Cc2ccc(C#Cc3ccc(CNC4CCOC4)cc3)cc2)c1O. The number of hydrogen-bond donors (Lipinski definition) is 4. The molecule has 2 heterocycles. The van der Waals surface area contributed by atoms with Gasteiger partial charge in [0.25, 0.3) is 5.56 Å². The van der Waals surface area contributed by atoms with Gasteiger partial charge in [-0.15, -0.1) is 0 Å². The summed E-state index contributed by atoms with van der Waals surface area (Å²) in [5.41, 5.74) is 3.75. The van der Waals surface area contributed by atoms with E-state index in [1.54, 1.807) is 0 Å². The Morgan fingerprint density at radius 1 is 1.11 bits per heavy atom. The maximum Gasteiger partial charge on any atom is 0.293 e. The van der Waals surface area contributed by atoms with E-state index in [0.717, 1.165) is 42.9 Å². The monoisotopic (exact) mass is 490 g/mol. The first-order valence-electron chi connectivity index (χ1n) is 12.2. The van der Waals surface area contributed by atoms with E-state index in [1.807, 2.05) is 36.4 Å². The van der Waals surface area contributed by atoms with Gasteiger partial charge >= 0.3 is 0 Å². The van der Waals surface area contributed by atoms with E-state index in [0.29, 0.717) is 24.7 Å². The van der Waals surface area contributed by atoms with Crippen molar-refractivity contribution in [1.29, 1.82) is 0 Å². The van der Waals surface area contributed by atoms with Crippen LogP contribution in [0.3, 0.4) is 0 Å². The molecule has 2 aromatic carbocycles. The quantitative estimate of drug-likeness (QED) is 0.258. The molecule has 1 fully saturated rings. The van der Waals surface area contributed by atoms with Gasteiger partial charge in [0.2, 0.25) is 5.75 Å². The summed E-state index contributed by atoms with van der Waals surface area (Å²) >= 11 is 0. The first-order valence-corrected chi connectivity index (χ1v) is 12.2. The molecule has 1 aliphatic rings. The van der Waals surface area contributed by atoms with Crippen LogP contribution in [0.25, 0.3) is 0 Å². The average molecular weight is 491 g/mol. The molecule has 1 aliphatic heterocycles. The number of nitrogens with zero attached hydrogens (tertiary/aromatic N) is 1. The fourth-order valence-electron chi connectivity index (χ4n) is 4.13. The maximum absolute atomic E-state index is 12.6. The second-order valence-corrected chi connectivity index (χ2v) is 8.84. The molecule has 7 nitrogen and oxygen atoms in total. The van der Waals surface area contributed by atoms with Crippen LogP contribution in [0.2, 0.25) is 0 Å². The largest absolute Gasteiger partial charge is 0.502 e. The van der Waals surface area contributed by atoms with Crippen molar-refractivity contribution < 1.29 is 14.2 Å². The molecule has 0 radical (unpaired) electrons. The minimum Gasteiger partial charge on any atom is -0.502 e. The number of rotatable bonds is 10. The Hall–Kier alpha value is -3.51. The number of aromatic hydroxyl groups is 1. The van der Waals surface area contributed by atoms with Crippen LogP contribution in [0, 0.1) is 11.8 Å². The molecule has 1 aromatic heterocycles. The summed E-state index contributed by atoms with van der Waals surface area (Å²) in [5.74, 6) is 5.71. The fraction of sp³-hybridized carbons (Fsp3) is 0.357. The minimum absolute atomic E-state index is 0.196.